The average molecular weight is 318 g/mol. The number of piperidine rings is 1. The van der Waals surface area contributed by atoms with E-state index in [2.05, 4.69) is 28.9 Å². The summed E-state index contributed by atoms with van der Waals surface area (Å²) in [7, 11) is 0.711. The molecule has 124 valence electrons. The highest BCUT2D eigenvalue weighted by molar-refractivity contribution is 7.87. The molecule has 0 aromatic heterocycles. The Labute approximate surface area is 129 Å². The van der Waals surface area contributed by atoms with Crippen LogP contribution in [0.4, 0.5) is 0 Å². The average Bonchev–Trinajstić information content (AvgIpc) is 3.29. The summed E-state index contributed by atoms with van der Waals surface area (Å²) < 4.78 is 29.1. The number of likely N-dealkylation sites (N-methyl/N-ethyl adjacent to an activating group) is 1. The van der Waals surface area contributed by atoms with Crippen LogP contribution < -0.4 is 10.0 Å². The molecule has 2 N–H and O–H groups in total. The molecule has 2 aliphatic rings. The molecule has 0 spiro atoms. The zero-order valence-electron chi connectivity index (χ0n) is 13.5. The summed E-state index contributed by atoms with van der Waals surface area (Å²) in [4.78, 5) is 2.28. The van der Waals surface area contributed by atoms with Gasteiger partial charge in [0.1, 0.15) is 0 Å². The van der Waals surface area contributed by atoms with Crippen LogP contribution in [0.2, 0.25) is 0 Å². The molecule has 0 radical (unpaired) electrons. The predicted octanol–water partition coefficient (Wildman–Crippen LogP) is 0.235. The first-order valence-corrected chi connectivity index (χ1v) is 9.49. The number of nitrogens with zero attached hydrogens (tertiary/aromatic N) is 2. The highest BCUT2D eigenvalue weighted by atomic mass is 32.2. The standard InChI is InChI=1S/C14H30N4O2S/c1-12(17(3)14-4-5-14)10-16-21(19,20)18-8-6-13(7-9-18)11-15-2/h12-16H,4-11H2,1-3H3. The summed E-state index contributed by atoms with van der Waals surface area (Å²) in [5.41, 5.74) is 0. The molecule has 6 nitrogen and oxygen atoms in total. The highest BCUT2D eigenvalue weighted by Crippen LogP contribution is 2.26. The molecule has 2 rings (SSSR count). The monoisotopic (exact) mass is 318 g/mol. The van der Waals surface area contributed by atoms with E-state index in [-0.39, 0.29) is 6.04 Å². The zero-order chi connectivity index (χ0) is 15.5. The van der Waals surface area contributed by atoms with Crippen LogP contribution in [-0.2, 0) is 10.2 Å². The minimum Gasteiger partial charge on any atom is -0.319 e. The quantitative estimate of drug-likeness (QED) is 0.673. The second-order valence-electron chi connectivity index (χ2n) is 6.50. The van der Waals surface area contributed by atoms with Gasteiger partial charge < -0.3 is 5.32 Å². The first kappa shape index (κ1) is 17.1. The van der Waals surface area contributed by atoms with E-state index in [1.54, 1.807) is 4.31 Å². The molecule has 1 heterocycles. The van der Waals surface area contributed by atoms with E-state index in [4.69, 9.17) is 0 Å². The number of rotatable bonds is 8. The van der Waals surface area contributed by atoms with Crippen molar-refractivity contribution in [3.63, 3.8) is 0 Å². The van der Waals surface area contributed by atoms with Gasteiger partial charge in [-0.2, -0.15) is 12.7 Å². The summed E-state index contributed by atoms with van der Waals surface area (Å²) in [5.74, 6) is 0.598. The van der Waals surface area contributed by atoms with Crippen LogP contribution in [0.3, 0.4) is 0 Å². The molecular formula is C14H30N4O2S. The van der Waals surface area contributed by atoms with Crippen LogP contribution in [0.5, 0.6) is 0 Å². The van der Waals surface area contributed by atoms with E-state index in [1.165, 1.54) is 12.8 Å². The third-order valence-electron chi connectivity index (χ3n) is 4.79. The van der Waals surface area contributed by atoms with E-state index < -0.39 is 10.2 Å². The van der Waals surface area contributed by atoms with Gasteiger partial charge in [0, 0.05) is 31.7 Å². The lowest BCUT2D eigenvalue weighted by Gasteiger charge is -2.32. The van der Waals surface area contributed by atoms with Crippen molar-refractivity contribution in [2.45, 2.75) is 44.7 Å². The van der Waals surface area contributed by atoms with Crippen LogP contribution in [0.15, 0.2) is 0 Å². The van der Waals surface area contributed by atoms with Crippen LogP contribution >= 0.6 is 0 Å². The molecule has 1 aliphatic heterocycles. The minimum absolute atomic E-state index is 0.245. The first-order chi connectivity index (χ1) is 9.94. The fourth-order valence-corrected chi connectivity index (χ4v) is 4.27. The van der Waals surface area contributed by atoms with Gasteiger partial charge in [-0.15, -0.1) is 0 Å². The van der Waals surface area contributed by atoms with Crippen LogP contribution in [-0.4, -0.2) is 70.0 Å². The van der Waals surface area contributed by atoms with Gasteiger partial charge in [-0.25, -0.2) is 4.72 Å². The van der Waals surface area contributed by atoms with E-state index in [9.17, 15) is 8.42 Å². The van der Waals surface area contributed by atoms with E-state index in [0.717, 1.165) is 19.4 Å². The Morgan fingerprint density at radius 2 is 1.86 bits per heavy atom. The van der Waals surface area contributed by atoms with Crippen molar-refractivity contribution in [1.82, 2.24) is 19.2 Å². The highest BCUT2D eigenvalue weighted by Gasteiger charge is 2.31. The SMILES string of the molecule is CNCC1CCN(S(=O)(=O)NCC(C)N(C)C2CC2)CC1. The molecule has 0 aromatic carbocycles. The Bertz CT molecular complexity index is 417. The lowest BCUT2D eigenvalue weighted by molar-refractivity contribution is 0.242. The Kier molecular flexibility index (Phi) is 6.02. The van der Waals surface area contributed by atoms with E-state index >= 15 is 0 Å². The van der Waals surface area contributed by atoms with Gasteiger partial charge in [0.15, 0.2) is 0 Å². The first-order valence-electron chi connectivity index (χ1n) is 8.05. The topological polar surface area (TPSA) is 64.7 Å². The second kappa shape index (κ2) is 7.37. The Morgan fingerprint density at radius 1 is 1.24 bits per heavy atom. The predicted molar refractivity (Wildman–Crippen MR) is 85.4 cm³/mol. The van der Waals surface area contributed by atoms with Gasteiger partial charge in [-0.3, -0.25) is 4.90 Å². The smallest absolute Gasteiger partial charge is 0.279 e. The van der Waals surface area contributed by atoms with Crippen molar-refractivity contribution in [3.05, 3.63) is 0 Å². The summed E-state index contributed by atoms with van der Waals surface area (Å²) in [6.45, 7) is 4.82. The third kappa shape index (κ3) is 4.89. The normalized spacial score (nSPS) is 23.6. The summed E-state index contributed by atoms with van der Waals surface area (Å²) in [6.07, 6.45) is 4.37. The maximum atomic E-state index is 12.3. The summed E-state index contributed by atoms with van der Waals surface area (Å²) in [6, 6.07) is 0.899. The molecule has 1 unspecified atom stereocenters. The van der Waals surface area contributed by atoms with Gasteiger partial charge in [-0.1, -0.05) is 0 Å². The van der Waals surface area contributed by atoms with Gasteiger partial charge in [0.25, 0.3) is 10.2 Å². The summed E-state index contributed by atoms with van der Waals surface area (Å²) in [5, 5.41) is 3.17. The molecule has 1 aliphatic carbocycles. The van der Waals surface area contributed by atoms with Crippen molar-refractivity contribution < 1.29 is 8.42 Å². The lowest BCUT2D eigenvalue weighted by Crippen LogP contribution is -2.49. The van der Waals surface area contributed by atoms with Crippen molar-refractivity contribution >= 4 is 10.2 Å². The van der Waals surface area contributed by atoms with Gasteiger partial charge >= 0.3 is 0 Å². The second-order valence-corrected chi connectivity index (χ2v) is 8.25. The van der Waals surface area contributed by atoms with Crippen molar-refractivity contribution in [3.8, 4) is 0 Å². The Hall–Kier alpha value is -0.210. The minimum atomic E-state index is -3.32. The number of hydrogen-bond donors (Lipinski definition) is 2. The van der Waals surface area contributed by atoms with Crippen LogP contribution in [0.25, 0.3) is 0 Å². The number of hydrogen-bond acceptors (Lipinski definition) is 4. The van der Waals surface area contributed by atoms with E-state index in [0.29, 0.717) is 31.6 Å². The molecule has 21 heavy (non-hydrogen) atoms. The molecule has 1 saturated heterocycles. The maximum Gasteiger partial charge on any atom is 0.279 e. The summed E-state index contributed by atoms with van der Waals surface area (Å²) >= 11 is 0. The molecule has 1 saturated carbocycles. The lowest BCUT2D eigenvalue weighted by atomic mass is 9.98. The molecular weight excluding hydrogens is 288 g/mol. The van der Waals surface area contributed by atoms with Gasteiger partial charge in [0.05, 0.1) is 0 Å². The maximum absolute atomic E-state index is 12.3. The van der Waals surface area contributed by atoms with Crippen LogP contribution in [0.1, 0.15) is 32.6 Å². The van der Waals surface area contributed by atoms with Gasteiger partial charge in [0.2, 0.25) is 0 Å². The largest absolute Gasteiger partial charge is 0.319 e. The van der Waals surface area contributed by atoms with E-state index in [1.807, 2.05) is 7.05 Å². The van der Waals surface area contributed by atoms with Crippen molar-refractivity contribution in [2.24, 2.45) is 5.92 Å². The van der Waals surface area contributed by atoms with Crippen LogP contribution in [0, 0.1) is 5.92 Å². The molecule has 0 aromatic rings. The van der Waals surface area contributed by atoms with Crippen molar-refractivity contribution in [1.29, 1.82) is 0 Å². The molecule has 1 atom stereocenters. The Morgan fingerprint density at radius 3 is 2.38 bits per heavy atom. The molecule has 0 bridgehead atoms. The Balaban J connectivity index is 1.76. The third-order valence-corrected chi connectivity index (χ3v) is 6.36. The zero-order valence-corrected chi connectivity index (χ0v) is 14.3. The van der Waals surface area contributed by atoms with Gasteiger partial charge in [-0.05, 0) is 59.2 Å². The molecule has 7 heteroatoms. The van der Waals surface area contributed by atoms with Crippen molar-refractivity contribution in [2.75, 3.05) is 40.3 Å². The fraction of sp³-hybridized carbons (Fsp3) is 1.00. The fourth-order valence-electron chi connectivity index (χ4n) is 2.95. The molecule has 2 fully saturated rings. The number of nitrogens with one attached hydrogen (secondary N) is 2. The molecule has 0 amide bonds.